The predicted octanol–water partition coefficient (Wildman–Crippen LogP) is 7.22. The molecular formula is C38H39N4O2Si. The van der Waals surface area contributed by atoms with Crippen molar-refractivity contribution in [3.05, 3.63) is 113 Å². The van der Waals surface area contributed by atoms with Gasteiger partial charge < -0.3 is 14.1 Å². The van der Waals surface area contributed by atoms with Gasteiger partial charge in [0.1, 0.15) is 35.1 Å². The first kappa shape index (κ1) is 32.9. The summed E-state index contributed by atoms with van der Waals surface area (Å²) in [5.41, 5.74) is 1.65. The highest BCUT2D eigenvalue weighted by Crippen LogP contribution is 2.41. The average molecular weight is 612 g/mol. The van der Waals surface area contributed by atoms with Crippen molar-refractivity contribution in [3.63, 3.8) is 0 Å². The van der Waals surface area contributed by atoms with Gasteiger partial charge in [0, 0.05) is 36.0 Å². The molecule has 7 heteroatoms. The Hall–Kier alpha value is -5.03. The Kier molecular flexibility index (Phi) is 11.4. The lowest BCUT2D eigenvalue weighted by Gasteiger charge is -2.27. The fourth-order valence-electron chi connectivity index (χ4n) is 5.24. The van der Waals surface area contributed by atoms with Crippen LogP contribution >= 0.6 is 0 Å². The molecule has 0 N–H and O–H groups in total. The van der Waals surface area contributed by atoms with Crippen LogP contribution in [0.2, 0.25) is 0 Å². The quantitative estimate of drug-likeness (QED) is 0.150. The van der Waals surface area contributed by atoms with E-state index in [2.05, 4.69) is 67.3 Å². The van der Waals surface area contributed by atoms with Crippen molar-refractivity contribution in [2.75, 3.05) is 18.0 Å². The van der Waals surface area contributed by atoms with Gasteiger partial charge in [-0.1, -0.05) is 99.5 Å². The van der Waals surface area contributed by atoms with E-state index in [1.165, 1.54) is 0 Å². The maximum atomic E-state index is 10.0. The fraction of sp³-hybridized carbons (Fsp3) is 0.289. The zero-order valence-corrected chi connectivity index (χ0v) is 27.5. The van der Waals surface area contributed by atoms with Gasteiger partial charge in [0.15, 0.2) is 11.3 Å². The van der Waals surface area contributed by atoms with Crippen LogP contribution in [0.15, 0.2) is 107 Å². The number of anilines is 1. The van der Waals surface area contributed by atoms with Gasteiger partial charge >= 0.3 is 9.04 Å². The van der Waals surface area contributed by atoms with Crippen LogP contribution in [0.1, 0.15) is 58.9 Å². The van der Waals surface area contributed by atoms with Gasteiger partial charge in [-0.3, -0.25) is 0 Å². The van der Waals surface area contributed by atoms with Crippen molar-refractivity contribution < 1.29 is 9.16 Å². The van der Waals surface area contributed by atoms with Crippen LogP contribution in [0.3, 0.4) is 0 Å². The summed E-state index contributed by atoms with van der Waals surface area (Å²) in [6, 6.07) is 32.9. The molecule has 45 heavy (non-hydrogen) atoms. The largest absolute Gasteiger partial charge is 0.532 e. The third kappa shape index (κ3) is 7.93. The molecule has 6 nitrogen and oxygen atoms in total. The van der Waals surface area contributed by atoms with Crippen LogP contribution in [-0.4, -0.2) is 27.7 Å². The Bertz CT molecular complexity index is 1630. The van der Waals surface area contributed by atoms with E-state index in [4.69, 9.17) is 9.16 Å². The molecule has 0 fully saturated rings. The zero-order chi connectivity index (χ0) is 32.2. The summed E-state index contributed by atoms with van der Waals surface area (Å²) < 4.78 is 13.0. The van der Waals surface area contributed by atoms with E-state index in [-0.39, 0.29) is 16.9 Å². The van der Waals surface area contributed by atoms with Gasteiger partial charge in [-0.15, -0.1) is 0 Å². The summed E-state index contributed by atoms with van der Waals surface area (Å²) in [6.45, 7) is 10.0. The van der Waals surface area contributed by atoms with Crippen molar-refractivity contribution in [3.8, 4) is 24.0 Å². The second-order valence-corrected chi connectivity index (χ2v) is 13.4. The van der Waals surface area contributed by atoms with Crippen LogP contribution in [0.5, 0.6) is 5.75 Å². The molecule has 0 bridgehead atoms. The minimum Gasteiger partial charge on any atom is -0.532 e. The van der Waals surface area contributed by atoms with Crippen molar-refractivity contribution in [2.45, 2.75) is 59.0 Å². The molecule has 0 aliphatic carbocycles. The first-order valence-corrected chi connectivity index (χ1v) is 16.9. The number of unbranched alkanes of at least 4 members (excludes halogenated alkanes) is 2. The third-order valence-corrected chi connectivity index (χ3v) is 9.84. The highest BCUT2D eigenvalue weighted by molar-refractivity contribution is 6.80. The molecule has 1 heterocycles. The number of nitriles is 3. The van der Waals surface area contributed by atoms with Crippen molar-refractivity contribution in [1.82, 2.24) is 0 Å². The van der Waals surface area contributed by atoms with Gasteiger partial charge in [-0.25, -0.2) is 0 Å². The van der Waals surface area contributed by atoms with Crippen LogP contribution in [0.4, 0.5) is 5.69 Å². The smallest absolute Gasteiger partial charge is 0.352 e. The van der Waals surface area contributed by atoms with E-state index >= 15 is 0 Å². The van der Waals surface area contributed by atoms with Gasteiger partial charge in [-0.2, -0.15) is 15.8 Å². The molecular weight excluding hydrogens is 573 g/mol. The molecule has 0 saturated carbocycles. The van der Waals surface area contributed by atoms with E-state index in [1.54, 1.807) is 0 Å². The highest BCUT2D eigenvalue weighted by atomic mass is 28.3. The summed E-state index contributed by atoms with van der Waals surface area (Å²) >= 11 is 0. The highest BCUT2D eigenvalue weighted by Gasteiger charge is 2.38. The standard InChI is InChI=1S/C38H39N4O2Si/c1-5-7-23-42(24-8-6-2)31-21-19-29(20-22-35-34(28-41)37(30(26-39)27-40)43-38(35,3)4)36(25-31)44-45(32-15-11-9-12-16-32)33-17-13-10-14-18-33/h9-22,25H,5-8,23-24H2,1-4H3/b22-20+. The molecule has 0 spiro atoms. The third-order valence-electron chi connectivity index (χ3n) is 7.70. The van der Waals surface area contributed by atoms with Crippen LogP contribution < -0.4 is 19.7 Å². The average Bonchev–Trinajstić information content (AvgIpc) is 3.33. The monoisotopic (exact) mass is 611 g/mol. The molecule has 1 aliphatic heterocycles. The fourth-order valence-corrected chi connectivity index (χ4v) is 7.20. The second-order valence-electron chi connectivity index (χ2n) is 11.4. The molecule has 1 radical (unpaired) electrons. The van der Waals surface area contributed by atoms with Gasteiger partial charge in [0.05, 0.1) is 0 Å². The summed E-state index contributed by atoms with van der Waals surface area (Å²) in [5, 5.41) is 31.3. The van der Waals surface area contributed by atoms with E-state index in [0.717, 1.165) is 66.1 Å². The lowest BCUT2D eigenvalue weighted by atomic mass is 9.94. The van der Waals surface area contributed by atoms with Gasteiger partial charge in [0.25, 0.3) is 0 Å². The molecule has 227 valence electrons. The number of hydrogen-bond donors (Lipinski definition) is 0. The molecule has 3 aromatic carbocycles. The topological polar surface area (TPSA) is 93.1 Å². The van der Waals surface area contributed by atoms with Crippen LogP contribution in [0.25, 0.3) is 6.08 Å². The number of allylic oxidation sites excluding steroid dienone is 2. The van der Waals surface area contributed by atoms with Crippen LogP contribution in [-0.2, 0) is 4.74 Å². The summed E-state index contributed by atoms with van der Waals surface area (Å²) in [5.74, 6) is 0.782. The van der Waals surface area contributed by atoms with Crippen molar-refractivity contribution in [2.24, 2.45) is 0 Å². The first-order valence-electron chi connectivity index (χ1n) is 15.5. The molecule has 0 saturated heterocycles. The van der Waals surface area contributed by atoms with E-state index in [0.29, 0.717) is 5.57 Å². The minimum absolute atomic E-state index is 0.0279. The molecule has 0 amide bonds. The molecule has 0 aromatic heterocycles. The zero-order valence-electron chi connectivity index (χ0n) is 26.5. The number of ether oxygens (including phenoxy) is 1. The number of benzene rings is 3. The lowest BCUT2D eigenvalue weighted by Crippen LogP contribution is -2.47. The second kappa shape index (κ2) is 15.6. The molecule has 4 rings (SSSR count). The Labute approximate surface area is 269 Å². The van der Waals surface area contributed by atoms with E-state index in [1.807, 2.05) is 74.5 Å². The number of hydrogen-bond acceptors (Lipinski definition) is 6. The van der Waals surface area contributed by atoms with E-state index in [9.17, 15) is 15.8 Å². The number of rotatable bonds is 13. The minimum atomic E-state index is -1.67. The summed E-state index contributed by atoms with van der Waals surface area (Å²) in [7, 11) is -1.67. The van der Waals surface area contributed by atoms with Crippen molar-refractivity contribution in [1.29, 1.82) is 15.8 Å². The Morgan fingerprint density at radius 1 is 0.844 bits per heavy atom. The Morgan fingerprint density at radius 3 is 1.93 bits per heavy atom. The summed E-state index contributed by atoms with van der Waals surface area (Å²) in [4.78, 5) is 2.44. The SMILES string of the molecule is CCCCN(CCCC)c1ccc(/C=C/C2=C(C#N)C(=C(C#N)C#N)OC2(C)C)c(O[Si](c2ccccc2)c2ccccc2)c1. The summed E-state index contributed by atoms with van der Waals surface area (Å²) in [6.07, 6.45) is 8.24. The molecule has 0 atom stereocenters. The Morgan fingerprint density at radius 2 is 1.42 bits per heavy atom. The van der Waals surface area contributed by atoms with E-state index < -0.39 is 14.6 Å². The predicted molar refractivity (Wildman–Crippen MR) is 182 cm³/mol. The normalized spacial score (nSPS) is 13.7. The maximum absolute atomic E-state index is 10.0. The first-order chi connectivity index (χ1) is 21.9. The van der Waals surface area contributed by atoms with Gasteiger partial charge in [0.2, 0.25) is 0 Å². The van der Waals surface area contributed by atoms with Crippen molar-refractivity contribution >= 4 is 31.2 Å². The molecule has 3 aromatic rings. The van der Waals surface area contributed by atoms with Gasteiger partial charge in [-0.05, 0) is 49.2 Å². The Balaban J connectivity index is 1.86. The maximum Gasteiger partial charge on any atom is 0.352 e. The number of nitrogens with zero attached hydrogens (tertiary/aromatic N) is 4. The molecule has 0 unspecified atom stereocenters. The lowest BCUT2D eigenvalue weighted by molar-refractivity contribution is 0.0954. The molecule has 1 aliphatic rings. The van der Waals surface area contributed by atoms with Crippen LogP contribution in [0, 0.1) is 34.0 Å².